The third kappa shape index (κ3) is 1.71. The Kier molecular flexibility index (Phi) is 2.65. The molecule has 4 heteroatoms. The molecular weight excluding hydrogens is 196 g/mol. The van der Waals surface area contributed by atoms with Gasteiger partial charge in [0.2, 0.25) is 5.89 Å². The molecule has 0 amide bonds. The van der Waals surface area contributed by atoms with Gasteiger partial charge in [0.25, 0.3) is 0 Å². The second-order valence-corrected chi connectivity index (χ2v) is 4.01. The fourth-order valence-electron chi connectivity index (χ4n) is 1.15. The summed E-state index contributed by atoms with van der Waals surface area (Å²) in [5.41, 5.74) is 0.941. The van der Waals surface area contributed by atoms with Crippen molar-refractivity contribution in [3.63, 3.8) is 0 Å². The fraction of sp³-hybridized carbons (Fsp3) is 0.300. The Labute approximate surface area is 86.8 Å². The number of nitrogens with one attached hydrogen (secondary N) is 1. The molecule has 0 aromatic carbocycles. The maximum absolute atomic E-state index is 5.39. The zero-order valence-corrected chi connectivity index (χ0v) is 8.97. The Morgan fingerprint density at radius 2 is 2.43 bits per heavy atom. The predicted molar refractivity (Wildman–Crippen MR) is 57.3 cm³/mol. The van der Waals surface area contributed by atoms with Gasteiger partial charge >= 0.3 is 0 Å². The monoisotopic (exact) mass is 208 g/mol. The first-order chi connectivity index (χ1) is 6.81. The number of oxazole rings is 1. The van der Waals surface area contributed by atoms with Crippen LogP contribution in [0.4, 0.5) is 0 Å². The van der Waals surface area contributed by atoms with Gasteiger partial charge in [-0.1, -0.05) is 6.07 Å². The molecule has 0 bridgehead atoms. The number of nitrogens with zero attached hydrogens (tertiary/aromatic N) is 1. The molecule has 0 spiro atoms. The molecule has 1 atom stereocenters. The van der Waals surface area contributed by atoms with Crippen LogP contribution in [0.2, 0.25) is 0 Å². The smallest absolute Gasteiger partial charge is 0.236 e. The standard InChI is InChI=1S/C10H12N2OS/c1-7(11-2)8-6-13-10(12-8)9-4-3-5-14-9/h3-7,11H,1-2H3. The second-order valence-electron chi connectivity index (χ2n) is 3.07. The highest BCUT2D eigenvalue weighted by Crippen LogP contribution is 2.25. The number of thiophene rings is 1. The highest BCUT2D eigenvalue weighted by atomic mass is 32.1. The lowest BCUT2D eigenvalue weighted by Gasteiger charge is -2.03. The molecular formula is C10H12N2OS. The molecule has 0 aliphatic carbocycles. The van der Waals surface area contributed by atoms with E-state index in [0.717, 1.165) is 10.6 Å². The molecule has 2 aromatic heterocycles. The number of hydrogen-bond donors (Lipinski definition) is 1. The largest absolute Gasteiger partial charge is 0.443 e. The van der Waals surface area contributed by atoms with Crippen LogP contribution in [-0.2, 0) is 0 Å². The van der Waals surface area contributed by atoms with Crippen LogP contribution in [0.25, 0.3) is 10.8 Å². The minimum absolute atomic E-state index is 0.229. The molecule has 0 saturated carbocycles. The third-order valence-electron chi connectivity index (χ3n) is 2.13. The minimum atomic E-state index is 0.229. The van der Waals surface area contributed by atoms with Crippen LogP contribution in [0.3, 0.4) is 0 Å². The van der Waals surface area contributed by atoms with Gasteiger partial charge in [0.15, 0.2) is 0 Å². The molecule has 0 aliphatic heterocycles. The van der Waals surface area contributed by atoms with Gasteiger partial charge in [-0.2, -0.15) is 0 Å². The number of hydrogen-bond acceptors (Lipinski definition) is 4. The fourth-order valence-corrected chi connectivity index (χ4v) is 1.80. The number of rotatable bonds is 3. The van der Waals surface area contributed by atoms with Crippen molar-refractivity contribution in [1.82, 2.24) is 10.3 Å². The summed E-state index contributed by atoms with van der Waals surface area (Å²) in [5, 5.41) is 5.14. The van der Waals surface area contributed by atoms with E-state index in [-0.39, 0.29) is 6.04 Å². The number of aromatic nitrogens is 1. The van der Waals surface area contributed by atoms with Gasteiger partial charge in [-0.05, 0) is 25.4 Å². The summed E-state index contributed by atoms with van der Waals surface area (Å²) in [5.74, 6) is 0.706. The average Bonchev–Trinajstić information content (AvgIpc) is 2.86. The second kappa shape index (κ2) is 3.94. The first-order valence-electron chi connectivity index (χ1n) is 4.48. The van der Waals surface area contributed by atoms with Gasteiger partial charge in [-0.3, -0.25) is 0 Å². The molecule has 0 aliphatic rings. The maximum atomic E-state index is 5.39. The van der Waals surface area contributed by atoms with E-state index in [1.807, 2.05) is 24.6 Å². The average molecular weight is 208 g/mol. The van der Waals surface area contributed by atoms with Crippen molar-refractivity contribution in [3.05, 3.63) is 29.5 Å². The zero-order valence-electron chi connectivity index (χ0n) is 8.15. The van der Waals surface area contributed by atoms with Gasteiger partial charge in [-0.15, -0.1) is 11.3 Å². The first-order valence-corrected chi connectivity index (χ1v) is 5.36. The third-order valence-corrected chi connectivity index (χ3v) is 2.99. The summed E-state index contributed by atoms with van der Waals surface area (Å²) >= 11 is 1.63. The lowest BCUT2D eigenvalue weighted by molar-refractivity contribution is 0.565. The molecule has 3 nitrogen and oxygen atoms in total. The molecule has 0 radical (unpaired) electrons. The van der Waals surface area contributed by atoms with Crippen molar-refractivity contribution in [1.29, 1.82) is 0 Å². The lowest BCUT2D eigenvalue weighted by atomic mass is 10.3. The first kappa shape index (κ1) is 9.43. The van der Waals surface area contributed by atoms with Crippen LogP contribution < -0.4 is 5.32 Å². The lowest BCUT2D eigenvalue weighted by Crippen LogP contribution is -2.12. The Balaban J connectivity index is 2.26. The van der Waals surface area contributed by atoms with E-state index in [9.17, 15) is 0 Å². The predicted octanol–water partition coefficient (Wildman–Crippen LogP) is 2.68. The van der Waals surface area contributed by atoms with Crippen LogP contribution in [0.5, 0.6) is 0 Å². The molecule has 2 aromatic rings. The summed E-state index contributed by atoms with van der Waals surface area (Å²) in [6.45, 7) is 2.05. The molecule has 0 saturated heterocycles. The van der Waals surface area contributed by atoms with E-state index in [0.29, 0.717) is 5.89 Å². The summed E-state index contributed by atoms with van der Waals surface area (Å²) in [7, 11) is 1.91. The van der Waals surface area contributed by atoms with Crippen molar-refractivity contribution in [3.8, 4) is 10.8 Å². The van der Waals surface area contributed by atoms with E-state index in [2.05, 4.69) is 17.2 Å². The van der Waals surface area contributed by atoms with Crippen LogP contribution in [0.1, 0.15) is 18.7 Å². The molecule has 1 unspecified atom stereocenters. The molecule has 1 N–H and O–H groups in total. The summed E-state index contributed by atoms with van der Waals surface area (Å²) < 4.78 is 5.39. The van der Waals surface area contributed by atoms with E-state index < -0.39 is 0 Å². The summed E-state index contributed by atoms with van der Waals surface area (Å²) in [6.07, 6.45) is 1.70. The molecule has 74 valence electrons. The normalized spacial score (nSPS) is 13.0. The van der Waals surface area contributed by atoms with E-state index in [4.69, 9.17) is 4.42 Å². The van der Waals surface area contributed by atoms with Gasteiger partial charge in [-0.25, -0.2) is 4.98 Å². The van der Waals surface area contributed by atoms with Crippen LogP contribution in [0.15, 0.2) is 28.2 Å². The van der Waals surface area contributed by atoms with Crippen molar-refractivity contribution >= 4 is 11.3 Å². The molecule has 0 fully saturated rings. The highest BCUT2D eigenvalue weighted by molar-refractivity contribution is 7.13. The van der Waals surface area contributed by atoms with Gasteiger partial charge in [0, 0.05) is 6.04 Å². The summed E-state index contributed by atoms with van der Waals surface area (Å²) in [6, 6.07) is 4.22. The Morgan fingerprint density at radius 1 is 1.57 bits per heavy atom. The van der Waals surface area contributed by atoms with Crippen molar-refractivity contribution in [2.75, 3.05) is 7.05 Å². The van der Waals surface area contributed by atoms with E-state index in [1.165, 1.54) is 0 Å². The molecule has 2 heterocycles. The van der Waals surface area contributed by atoms with Gasteiger partial charge in [0.1, 0.15) is 6.26 Å². The van der Waals surface area contributed by atoms with Crippen LogP contribution in [0, 0.1) is 0 Å². The van der Waals surface area contributed by atoms with Crippen molar-refractivity contribution < 1.29 is 4.42 Å². The van der Waals surface area contributed by atoms with Crippen molar-refractivity contribution in [2.45, 2.75) is 13.0 Å². The van der Waals surface area contributed by atoms with E-state index >= 15 is 0 Å². The minimum Gasteiger partial charge on any atom is -0.443 e. The maximum Gasteiger partial charge on any atom is 0.236 e. The van der Waals surface area contributed by atoms with Crippen molar-refractivity contribution in [2.24, 2.45) is 0 Å². The Morgan fingerprint density at radius 3 is 3.07 bits per heavy atom. The zero-order chi connectivity index (χ0) is 9.97. The quantitative estimate of drug-likeness (QED) is 0.842. The van der Waals surface area contributed by atoms with E-state index in [1.54, 1.807) is 17.6 Å². The Hall–Kier alpha value is -1.13. The molecule has 14 heavy (non-hydrogen) atoms. The van der Waals surface area contributed by atoms with Crippen LogP contribution >= 0.6 is 11.3 Å². The van der Waals surface area contributed by atoms with Gasteiger partial charge in [0.05, 0.1) is 10.6 Å². The highest BCUT2D eigenvalue weighted by Gasteiger charge is 2.11. The molecule has 2 rings (SSSR count). The topological polar surface area (TPSA) is 38.1 Å². The van der Waals surface area contributed by atoms with Gasteiger partial charge < -0.3 is 9.73 Å². The Bertz CT molecular complexity index is 394. The van der Waals surface area contributed by atoms with Crippen LogP contribution in [-0.4, -0.2) is 12.0 Å². The SMILES string of the molecule is CNC(C)c1coc(-c2cccs2)n1. The summed E-state index contributed by atoms with van der Waals surface area (Å²) in [4.78, 5) is 5.47.